The summed E-state index contributed by atoms with van der Waals surface area (Å²) in [6.07, 6.45) is -3.47. The Morgan fingerprint density at radius 1 is 1.23 bits per heavy atom. The van der Waals surface area contributed by atoms with E-state index < -0.39 is 80.2 Å². The summed E-state index contributed by atoms with van der Waals surface area (Å²) in [5.41, 5.74) is -2.54. The van der Waals surface area contributed by atoms with Gasteiger partial charge in [-0.2, -0.15) is 0 Å². The van der Waals surface area contributed by atoms with Crippen LogP contribution in [0, 0.1) is 13.7 Å². The Morgan fingerprint density at radius 3 is 2.52 bits per heavy atom. The maximum atomic E-state index is 13.0. The number of nitrogens with one attached hydrogen (secondary N) is 1. The molecule has 1 unspecified atom stereocenters. The van der Waals surface area contributed by atoms with Crippen molar-refractivity contribution in [2.45, 2.75) is 19.8 Å². The highest BCUT2D eigenvalue weighted by Gasteiger charge is 2.21. The van der Waals surface area contributed by atoms with Crippen LogP contribution in [-0.2, 0) is 4.79 Å². The Labute approximate surface area is 204 Å². The number of carbonyl (C=O) groups is 1. The van der Waals surface area contributed by atoms with Crippen LogP contribution in [0.4, 0.5) is 5.69 Å². The molecule has 1 aliphatic rings. The highest BCUT2D eigenvalue weighted by Crippen LogP contribution is 2.25. The van der Waals surface area contributed by atoms with Crippen molar-refractivity contribution in [1.29, 1.82) is 0 Å². The molecule has 2 aromatic carbocycles. The Bertz CT molecular complexity index is 1370. The summed E-state index contributed by atoms with van der Waals surface area (Å²) in [5, 5.41) is 13.1. The minimum atomic E-state index is -3.47. The molecule has 0 bridgehead atoms. The summed E-state index contributed by atoms with van der Waals surface area (Å²) < 4.78 is 123. The molecule has 0 aromatic heterocycles. The first-order valence-corrected chi connectivity index (χ1v) is 9.43. The topological polar surface area (TPSA) is 74.3 Å². The molecule has 1 fully saturated rings. The lowest BCUT2D eigenvalue weighted by Crippen LogP contribution is -2.50. The molecular weight excluding hydrogens is 394 g/mol. The van der Waals surface area contributed by atoms with Gasteiger partial charge in [-0.1, -0.05) is 30.3 Å². The summed E-state index contributed by atoms with van der Waals surface area (Å²) in [4.78, 5) is 15.5. The van der Waals surface area contributed by atoms with E-state index in [-0.39, 0.29) is 37.7 Å². The fourth-order valence-electron chi connectivity index (χ4n) is 2.91. The van der Waals surface area contributed by atoms with Crippen LogP contribution in [0.3, 0.4) is 0 Å². The molecule has 0 spiro atoms. The van der Waals surface area contributed by atoms with Gasteiger partial charge in [0.1, 0.15) is 12.6 Å². The Kier molecular flexibility index (Phi) is 3.88. The zero-order valence-electron chi connectivity index (χ0n) is 30.9. The highest BCUT2D eigenvalue weighted by molar-refractivity contribution is 5.93. The molecule has 0 radical (unpaired) electrons. The summed E-state index contributed by atoms with van der Waals surface area (Å²) in [6, 6.07) is 3.10. The van der Waals surface area contributed by atoms with E-state index in [0.29, 0.717) is 0 Å². The standard InChI is InChI=1S/C24H33N3O4/c1-18-7-6-8-19(2)24(18)25-23(29)16-27-13-11-26(12-14-27)15-20(28)17-31-22-10-5-4-9-21(22)30-3/h4-10,20,28H,11-17H2,1-3H3,(H,25,29)/i1D3,2D3,6D,7D,8D,15D2,17D2,20D. The molecule has 7 nitrogen and oxygen atoms in total. The minimum Gasteiger partial charge on any atom is -0.493 e. The van der Waals surface area contributed by atoms with Crippen molar-refractivity contribution < 1.29 is 38.6 Å². The van der Waals surface area contributed by atoms with E-state index in [1.807, 2.05) is 0 Å². The van der Waals surface area contributed by atoms with Gasteiger partial charge in [-0.25, -0.2) is 0 Å². The molecule has 31 heavy (non-hydrogen) atoms. The average molecular weight is 442 g/mol. The van der Waals surface area contributed by atoms with Gasteiger partial charge < -0.3 is 19.9 Å². The van der Waals surface area contributed by atoms with Crippen molar-refractivity contribution in [3.05, 3.63) is 53.5 Å². The summed E-state index contributed by atoms with van der Waals surface area (Å²) in [7, 11) is 1.30. The van der Waals surface area contributed by atoms with E-state index in [9.17, 15) is 9.90 Å². The zero-order valence-corrected chi connectivity index (χ0v) is 16.9. The van der Waals surface area contributed by atoms with E-state index in [1.165, 1.54) is 30.2 Å². The molecule has 7 heteroatoms. The van der Waals surface area contributed by atoms with Crippen molar-refractivity contribution in [2.24, 2.45) is 0 Å². The lowest BCUT2D eigenvalue weighted by Gasteiger charge is -2.35. The monoisotopic (exact) mass is 441 g/mol. The number of aliphatic hydroxyl groups is 1. The second-order valence-corrected chi connectivity index (χ2v) is 6.63. The maximum absolute atomic E-state index is 13.0. The van der Waals surface area contributed by atoms with Crippen molar-refractivity contribution in [1.82, 2.24) is 9.80 Å². The minimum absolute atomic E-state index is 0.0450. The second kappa shape index (κ2) is 11.1. The molecule has 1 amide bonds. The molecule has 1 saturated heterocycles. The van der Waals surface area contributed by atoms with E-state index in [4.69, 9.17) is 28.7 Å². The second-order valence-electron chi connectivity index (χ2n) is 6.63. The fraction of sp³-hybridized carbons (Fsp3) is 0.458. The zero-order chi connectivity index (χ0) is 34.3. The molecule has 1 aliphatic heterocycles. The third kappa shape index (κ3) is 6.69. The molecule has 2 N–H and O–H groups in total. The number of hydrogen-bond acceptors (Lipinski definition) is 6. The number of hydrogen-bond donors (Lipinski definition) is 2. The predicted molar refractivity (Wildman–Crippen MR) is 122 cm³/mol. The molecule has 0 saturated carbocycles. The smallest absolute Gasteiger partial charge is 0.238 e. The van der Waals surface area contributed by atoms with E-state index >= 15 is 0 Å². The van der Waals surface area contributed by atoms with Crippen molar-refractivity contribution in [3.63, 3.8) is 0 Å². The number of methoxy groups -OCH3 is 1. The number of para-hydroxylation sites is 3. The number of amides is 1. The molecule has 1 atom stereocenters. The third-order valence-corrected chi connectivity index (χ3v) is 4.47. The van der Waals surface area contributed by atoms with E-state index in [2.05, 4.69) is 5.32 Å². The Hall–Kier alpha value is -2.61. The summed E-state index contributed by atoms with van der Waals surface area (Å²) >= 11 is 0. The van der Waals surface area contributed by atoms with E-state index in [0.717, 1.165) is 4.90 Å². The predicted octanol–water partition coefficient (Wildman–Crippen LogP) is 2.31. The van der Waals surface area contributed by atoms with Gasteiger partial charge in [0, 0.05) is 49.3 Å². The first-order chi connectivity index (χ1) is 20.5. The number of nitrogens with zero attached hydrogens (tertiary/aromatic N) is 2. The van der Waals surface area contributed by atoms with Crippen LogP contribution in [0.1, 0.15) is 30.3 Å². The highest BCUT2D eigenvalue weighted by atomic mass is 16.5. The molecule has 3 rings (SSSR count). The van der Waals surface area contributed by atoms with Crippen LogP contribution in [-0.4, -0.2) is 79.8 Å². The van der Waals surface area contributed by atoms with Gasteiger partial charge in [-0.05, 0) is 37.0 Å². The normalized spacial score (nSPS) is 25.4. The number of carbonyl (C=O) groups excluding carboxylic acids is 1. The number of rotatable bonds is 9. The fourth-order valence-corrected chi connectivity index (χ4v) is 2.91. The number of β-amino-alcohol motifs (C(OH)–C–C–N with tert-alkyl or cyclic N) is 1. The van der Waals surface area contributed by atoms with Gasteiger partial charge >= 0.3 is 0 Å². The number of anilines is 1. The quantitative estimate of drug-likeness (QED) is 0.622. The lowest BCUT2D eigenvalue weighted by atomic mass is 10.1. The van der Waals surface area contributed by atoms with E-state index in [1.54, 1.807) is 6.07 Å². The average Bonchev–Trinajstić information content (AvgIpc) is 2.90. The van der Waals surface area contributed by atoms with Gasteiger partial charge in [-0.3, -0.25) is 14.6 Å². The van der Waals surface area contributed by atoms with Crippen molar-refractivity contribution in [3.8, 4) is 11.5 Å². The lowest BCUT2D eigenvalue weighted by molar-refractivity contribution is -0.117. The first kappa shape index (κ1) is 10.8. The molecule has 0 aliphatic carbocycles. The van der Waals surface area contributed by atoms with Gasteiger partial charge in [-0.15, -0.1) is 0 Å². The maximum Gasteiger partial charge on any atom is 0.238 e. The van der Waals surface area contributed by atoms with Crippen LogP contribution in [0.2, 0.25) is 0 Å². The van der Waals surface area contributed by atoms with Crippen LogP contribution < -0.4 is 14.8 Å². The molecular formula is C24H33N3O4. The van der Waals surface area contributed by atoms with Crippen LogP contribution in [0.5, 0.6) is 11.5 Å². The van der Waals surface area contributed by atoms with Gasteiger partial charge in [0.05, 0.1) is 21.9 Å². The number of benzene rings is 2. The van der Waals surface area contributed by atoms with Crippen LogP contribution in [0.25, 0.3) is 0 Å². The largest absolute Gasteiger partial charge is 0.493 e. The van der Waals surface area contributed by atoms with Gasteiger partial charge in [0.2, 0.25) is 5.91 Å². The van der Waals surface area contributed by atoms with Crippen molar-refractivity contribution in [2.75, 3.05) is 58.2 Å². The Morgan fingerprint density at radius 2 is 1.87 bits per heavy atom. The third-order valence-electron chi connectivity index (χ3n) is 4.47. The molecule has 2 aromatic rings. The Balaban J connectivity index is 1.77. The number of ether oxygens (including phenoxy) is 2. The van der Waals surface area contributed by atoms with Gasteiger partial charge in [0.15, 0.2) is 11.5 Å². The molecule has 168 valence electrons. The first-order valence-electron chi connectivity index (χ1n) is 16.4. The number of piperazine rings is 1. The summed E-state index contributed by atoms with van der Waals surface area (Å²) in [5.74, 6) is -0.981. The van der Waals surface area contributed by atoms with Gasteiger partial charge in [0.25, 0.3) is 0 Å². The SMILES string of the molecule is [2H]c1c([2H])c(C([2H])([2H])[2H])c(NC(=O)CN2CCN(C([2H])([2H])C([2H])(O)C([2H])([2H])Oc3ccccc3OC)CC2)c(C([2H])([2H])[2H])c1[2H]. The summed E-state index contributed by atoms with van der Waals surface area (Å²) in [6.45, 7) is -13.4. The molecule has 1 heterocycles. The van der Waals surface area contributed by atoms with Crippen molar-refractivity contribution >= 4 is 11.6 Å². The van der Waals surface area contributed by atoms with Crippen LogP contribution in [0.15, 0.2) is 42.4 Å². The van der Waals surface area contributed by atoms with Crippen LogP contribution >= 0.6 is 0 Å².